The first-order chi connectivity index (χ1) is 8.63. The van der Waals surface area contributed by atoms with Crippen LogP contribution in [0.3, 0.4) is 0 Å². The van der Waals surface area contributed by atoms with Crippen LogP contribution in [0.4, 0.5) is 0 Å². The molecule has 0 amide bonds. The van der Waals surface area contributed by atoms with Gasteiger partial charge >= 0.3 is 7.82 Å². The molecule has 0 heterocycles. The predicted octanol–water partition coefficient (Wildman–Crippen LogP) is 3.34. The first kappa shape index (κ1) is 16.2. The molecule has 1 aromatic carbocycles. The van der Waals surface area contributed by atoms with E-state index in [1.54, 1.807) is 6.07 Å². The zero-order chi connectivity index (χ0) is 14.7. The third-order valence-corrected chi connectivity index (χ3v) is 2.88. The monoisotopic (exact) mass is 288 g/mol. The van der Waals surface area contributed by atoms with Crippen LogP contribution in [-0.4, -0.2) is 9.79 Å². The summed E-state index contributed by atoms with van der Waals surface area (Å²) in [5.41, 5.74) is 1.81. The van der Waals surface area contributed by atoms with E-state index in [0.29, 0.717) is 5.75 Å². The molecule has 108 valence electrons. The summed E-state index contributed by atoms with van der Waals surface area (Å²) < 4.78 is 14.8. The first-order valence-corrected chi connectivity index (χ1v) is 7.71. The van der Waals surface area contributed by atoms with Crippen LogP contribution in [0.5, 0.6) is 5.75 Å². The summed E-state index contributed by atoms with van der Waals surface area (Å²) >= 11 is 0. The lowest BCUT2D eigenvalue weighted by molar-refractivity contribution is -0.123. The highest BCUT2D eigenvalue weighted by atomic mass is 31.2. The van der Waals surface area contributed by atoms with E-state index in [1.165, 1.54) is 0 Å². The number of aryl methyl sites for hydroxylation is 1. The van der Waals surface area contributed by atoms with Crippen molar-refractivity contribution >= 4 is 7.82 Å². The van der Waals surface area contributed by atoms with Crippen molar-refractivity contribution in [3.8, 4) is 5.75 Å². The lowest BCUT2D eigenvalue weighted by Crippen LogP contribution is -2.14. The molecule has 1 rings (SSSR count). The van der Waals surface area contributed by atoms with Crippen LogP contribution in [0.15, 0.2) is 18.2 Å². The zero-order valence-corrected chi connectivity index (χ0v) is 12.6. The Bertz CT molecular complexity index is 472. The highest BCUT2D eigenvalue weighted by Crippen LogP contribution is 2.39. The van der Waals surface area contributed by atoms with Gasteiger partial charge in [0.1, 0.15) is 0 Å². The SMILES string of the molecule is CCCc1ccc(OOP(=O)(O)O)c(C(C)(C)C)c1. The maximum absolute atomic E-state index is 10.7. The maximum Gasteiger partial charge on any atom is 0.505 e. The summed E-state index contributed by atoms with van der Waals surface area (Å²) in [5, 5.41) is 0. The Labute approximate surface area is 113 Å². The lowest BCUT2D eigenvalue weighted by atomic mass is 9.85. The van der Waals surface area contributed by atoms with Gasteiger partial charge in [0, 0.05) is 5.56 Å². The summed E-state index contributed by atoms with van der Waals surface area (Å²) in [7, 11) is -4.65. The number of hydrogen-bond donors (Lipinski definition) is 2. The van der Waals surface area contributed by atoms with Gasteiger partial charge in [-0.2, -0.15) is 0 Å². The van der Waals surface area contributed by atoms with Crippen molar-refractivity contribution in [2.45, 2.75) is 46.0 Å². The minimum Gasteiger partial charge on any atom is -0.327 e. The molecule has 2 N–H and O–H groups in total. The van der Waals surface area contributed by atoms with Crippen molar-refractivity contribution in [1.82, 2.24) is 0 Å². The van der Waals surface area contributed by atoms with Crippen LogP contribution in [0.2, 0.25) is 0 Å². The average Bonchev–Trinajstić information content (AvgIpc) is 2.25. The van der Waals surface area contributed by atoms with E-state index in [0.717, 1.165) is 24.0 Å². The van der Waals surface area contributed by atoms with Gasteiger partial charge in [-0.1, -0.05) is 50.9 Å². The molecule has 0 saturated heterocycles. The fourth-order valence-corrected chi connectivity index (χ4v) is 1.95. The second-order valence-electron chi connectivity index (χ2n) is 5.48. The van der Waals surface area contributed by atoms with E-state index in [4.69, 9.17) is 14.7 Å². The van der Waals surface area contributed by atoms with Crippen molar-refractivity contribution in [2.24, 2.45) is 0 Å². The molecule has 19 heavy (non-hydrogen) atoms. The summed E-state index contributed by atoms with van der Waals surface area (Å²) in [5.74, 6) is 0.329. The maximum atomic E-state index is 10.7. The van der Waals surface area contributed by atoms with Crippen molar-refractivity contribution in [3.05, 3.63) is 29.3 Å². The molecule has 0 aromatic heterocycles. The average molecular weight is 288 g/mol. The van der Waals surface area contributed by atoms with E-state index < -0.39 is 7.82 Å². The second-order valence-corrected chi connectivity index (χ2v) is 6.61. The van der Waals surface area contributed by atoms with E-state index in [2.05, 4.69) is 11.6 Å². The van der Waals surface area contributed by atoms with Gasteiger partial charge in [0.25, 0.3) is 0 Å². The molecule has 0 atom stereocenters. The summed E-state index contributed by atoms with van der Waals surface area (Å²) in [6.07, 6.45) is 1.98. The summed E-state index contributed by atoms with van der Waals surface area (Å²) in [6, 6.07) is 5.54. The minimum absolute atomic E-state index is 0.211. The summed E-state index contributed by atoms with van der Waals surface area (Å²) in [6.45, 7) is 8.10. The fourth-order valence-electron chi connectivity index (χ4n) is 1.77. The Morgan fingerprint density at radius 2 is 1.89 bits per heavy atom. The first-order valence-electron chi connectivity index (χ1n) is 6.18. The van der Waals surface area contributed by atoms with E-state index in [9.17, 15) is 4.57 Å². The third kappa shape index (κ3) is 5.33. The van der Waals surface area contributed by atoms with Crippen LogP contribution >= 0.6 is 7.82 Å². The Kier molecular flexibility index (Phi) is 5.16. The van der Waals surface area contributed by atoms with Crippen molar-refractivity contribution in [1.29, 1.82) is 0 Å². The third-order valence-electron chi connectivity index (χ3n) is 2.61. The van der Waals surface area contributed by atoms with Crippen molar-refractivity contribution in [3.63, 3.8) is 0 Å². The van der Waals surface area contributed by atoms with Gasteiger partial charge in [-0.3, -0.25) is 0 Å². The molecule has 0 aliphatic rings. The molecule has 0 spiro atoms. The molecule has 0 bridgehead atoms. The molecule has 5 nitrogen and oxygen atoms in total. The predicted molar refractivity (Wildman–Crippen MR) is 72.9 cm³/mol. The quantitative estimate of drug-likeness (QED) is 0.493. The Morgan fingerprint density at radius 1 is 1.26 bits per heavy atom. The number of hydrogen-bond acceptors (Lipinski definition) is 3. The van der Waals surface area contributed by atoms with Crippen LogP contribution < -0.4 is 4.89 Å². The van der Waals surface area contributed by atoms with E-state index >= 15 is 0 Å². The van der Waals surface area contributed by atoms with Gasteiger partial charge in [-0.25, -0.2) is 4.57 Å². The van der Waals surface area contributed by atoms with Gasteiger partial charge in [-0.15, -0.1) is 0 Å². The minimum atomic E-state index is -4.65. The van der Waals surface area contributed by atoms with Crippen molar-refractivity contribution in [2.75, 3.05) is 0 Å². The molecule has 6 heteroatoms. The summed E-state index contributed by atoms with van der Waals surface area (Å²) in [4.78, 5) is 22.1. The van der Waals surface area contributed by atoms with Crippen molar-refractivity contribution < 1.29 is 23.9 Å². The van der Waals surface area contributed by atoms with Crippen LogP contribution in [0.25, 0.3) is 0 Å². The Morgan fingerprint density at radius 3 is 2.37 bits per heavy atom. The highest BCUT2D eigenvalue weighted by molar-refractivity contribution is 7.46. The zero-order valence-electron chi connectivity index (χ0n) is 11.7. The normalized spacial score (nSPS) is 12.5. The van der Waals surface area contributed by atoms with Gasteiger partial charge in [0.2, 0.25) is 0 Å². The smallest absolute Gasteiger partial charge is 0.327 e. The number of phosphoric acid groups is 1. The van der Waals surface area contributed by atoms with Crippen LogP contribution in [0, 0.1) is 0 Å². The number of benzene rings is 1. The molecule has 0 saturated carbocycles. The fraction of sp³-hybridized carbons (Fsp3) is 0.538. The van der Waals surface area contributed by atoms with Gasteiger partial charge in [0.05, 0.1) is 0 Å². The molecule has 0 fully saturated rings. The van der Waals surface area contributed by atoms with Gasteiger partial charge in [-0.05, 0) is 23.5 Å². The molecule has 0 aliphatic carbocycles. The standard InChI is InChI=1S/C13H21O5P/c1-5-6-10-7-8-12(17-18-19(14,15)16)11(9-10)13(2,3)4/h7-9H,5-6H2,1-4H3,(H2,14,15,16). The topological polar surface area (TPSA) is 76.0 Å². The molecule has 1 aromatic rings. The van der Waals surface area contributed by atoms with Crippen LogP contribution in [0.1, 0.15) is 45.2 Å². The molecule has 0 aliphatic heterocycles. The molecular formula is C13H21O5P. The largest absolute Gasteiger partial charge is 0.505 e. The number of rotatable bonds is 5. The molecular weight excluding hydrogens is 267 g/mol. The van der Waals surface area contributed by atoms with Crippen LogP contribution in [-0.2, 0) is 21.1 Å². The Balaban J connectivity index is 3.06. The van der Waals surface area contributed by atoms with Gasteiger partial charge < -0.3 is 14.7 Å². The van der Waals surface area contributed by atoms with E-state index in [1.807, 2.05) is 32.9 Å². The van der Waals surface area contributed by atoms with E-state index in [-0.39, 0.29) is 5.41 Å². The molecule has 0 unspecified atom stereocenters. The lowest BCUT2D eigenvalue weighted by Gasteiger charge is -2.22. The molecule has 0 radical (unpaired) electrons. The Hall–Kier alpha value is -0.870. The highest BCUT2D eigenvalue weighted by Gasteiger charge is 2.23. The van der Waals surface area contributed by atoms with Gasteiger partial charge in [0.15, 0.2) is 5.75 Å². The second kappa shape index (κ2) is 6.06.